The second-order valence-electron chi connectivity index (χ2n) is 5.95. The van der Waals surface area contributed by atoms with Gasteiger partial charge >= 0.3 is 6.18 Å². The fourth-order valence-electron chi connectivity index (χ4n) is 2.80. The number of hydrogen-bond donors (Lipinski definition) is 1. The molecule has 0 bridgehead atoms. The Hall–Kier alpha value is -2.62. The van der Waals surface area contributed by atoms with E-state index in [1.807, 2.05) is 0 Å². The van der Waals surface area contributed by atoms with E-state index in [1.165, 1.54) is 24.3 Å². The lowest BCUT2D eigenvalue weighted by molar-refractivity contribution is -0.157. The Morgan fingerprint density at radius 3 is 2.57 bits per heavy atom. The molecule has 2 aromatic carbocycles. The van der Waals surface area contributed by atoms with E-state index in [2.05, 4.69) is 5.32 Å². The summed E-state index contributed by atoms with van der Waals surface area (Å²) >= 11 is 0.647. The van der Waals surface area contributed by atoms with Gasteiger partial charge in [-0.25, -0.2) is 8.78 Å². The quantitative estimate of drug-likeness (QED) is 0.598. The van der Waals surface area contributed by atoms with Gasteiger partial charge < -0.3 is 5.32 Å². The highest BCUT2D eigenvalue weighted by Gasteiger charge is 2.48. The van der Waals surface area contributed by atoms with Crippen LogP contribution >= 0.6 is 11.8 Å². The number of thioether (sulfide) groups is 1. The molecule has 0 aromatic heterocycles. The fourth-order valence-corrected chi connectivity index (χ4v) is 3.58. The second-order valence-corrected chi connectivity index (χ2v) is 6.97. The molecule has 1 heterocycles. The average molecular weight is 416 g/mol. The SMILES string of the molecule is O=C1CC(C(F)(F)F)N(C(=O)CSc2ccc(F)cc2F)c2ccccc2N1. The number of para-hydroxylation sites is 2. The van der Waals surface area contributed by atoms with Crippen molar-refractivity contribution in [3.05, 3.63) is 54.1 Å². The van der Waals surface area contributed by atoms with Gasteiger partial charge in [-0.1, -0.05) is 12.1 Å². The molecule has 2 amide bonds. The average Bonchev–Trinajstić information content (AvgIpc) is 2.76. The summed E-state index contributed by atoms with van der Waals surface area (Å²) in [6.07, 6.45) is -5.81. The largest absolute Gasteiger partial charge is 0.409 e. The monoisotopic (exact) mass is 416 g/mol. The van der Waals surface area contributed by atoms with Crippen molar-refractivity contribution in [2.75, 3.05) is 16.0 Å². The summed E-state index contributed by atoms with van der Waals surface area (Å²) in [7, 11) is 0. The molecule has 0 saturated carbocycles. The van der Waals surface area contributed by atoms with Crippen LogP contribution in [0, 0.1) is 11.6 Å². The lowest BCUT2D eigenvalue weighted by Gasteiger charge is -2.31. The predicted octanol–water partition coefficient (Wildman–Crippen LogP) is 4.36. The van der Waals surface area contributed by atoms with Gasteiger partial charge in [0.05, 0.1) is 23.5 Å². The van der Waals surface area contributed by atoms with E-state index >= 15 is 0 Å². The number of halogens is 5. The Morgan fingerprint density at radius 2 is 1.89 bits per heavy atom. The summed E-state index contributed by atoms with van der Waals surface area (Å²) in [6, 6.07) is 5.98. The van der Waals surface area contributed by atoms with E-state index in [9.17, 15) is 31.5 Å². The number of nitrogens with one attached hydrogen (secondary N) is 1. The Morgan fingerprint density at radius 1 is 1.18 bits per heavy atom. The van der Waals surface area contributed by atoms with Crippen molar-refractivity contribution >= 4 is 35.0 Å². The van der Waals surface area contributed by atoms with Gasteiger partial charge in [0, 0.05) is 11.0 Å². The van der Waals surface area contributed by atoms with Crippen LogP contribution in [0.4, 0.5) is 33.3 Å². The Bertz CT molecular complexity index is 919. The van der Waals surface area contributed by atoms with Crippen LogP contribution in [0.15, 0.2) is 47.4 Å². The number of hydrogen-bond acceptors (Lipinski definition) is 3. The molecule has 0 spiro atoms. The van der Waals surface area contributed by atoms with Gasteiger partial charge in [0.25, 0.3) is 0 Å². The number of nitrogens with zero attached hydrogens (tertiary/aromatic N) is 1. The molecular formula is C18H13F5N2O2S. The molecule has 1 unspecified atom stereocenters. The minimum Gasteiger partial charge on any atom is -0.324 e. The Balaban J connectivity index is 1.92. The van der Waals surface area contributed by atoms with Crippen molar-refractivity contribution in [2.24, 2.45) is 0 Å². The lowest BCUT2D eigenvalue weighted by atomic mass is 10.1. The minimum absolute atomic E-state index is 0.0735. The number of rotatable bonds is 3. The number of carbonyl (C=O) groups is 2. The van der Waals surface area contributed by atoms with E-state index in [-0.39, 0.29) is 16.3 Å². The number of benzene rings is 2. The molecule has 0 aliphatic carbocycles. The molecule has 1 aliphatic rings. The Labute approximate surface area is 160 Å². The van der Waals surface area contributed by atoms with Crippen LogP contribution < -0.4 is 10.2 Å². The summed E-state index contributed by atoms with van der Waals surface area (Å²) in [5.41, 5.74) is -0.0218. The highest BCUT2D eigenvalue weighted by molar-refractivity contribution is 8.00. The van der Waals surface area contributed by atoms with Crippen molar-refractivity contribution in [1.82, 2.24) is 0 Å². The molecule has 4 nitrogen and oxygen atoms in total. The van der Waals surface area contributed by atoms with Crippen LogP contribution in [0.3, 0.4) is 0 Å². The number of alkyl halides is 3. The third kappa shape index (κ3) is 4.27. The lowest BCUT2D eigenvalue weighted by Crippen LogP contribution is -2.50. The molecule has 1 aliphatic heterocycles. The third-order valence-corrected chi connectivity index (χ3v) is 5.05. The molecule has 1 N–H and O–H groups in total. The first-order valence-corrected chi connectivity index (χ1v) is 9.01. The number of carbonyl (C=O) groups excluding carboxylic acids is 2. The minimum atomic E-state index is -4.85. The van der Waals surface area contributed by atoms with Crippen molar-refractivity contribution in [2.45, 2.75) is 23.5 Å². The van der Waals surface area contributed by atoms with E-state index in [1.54, 1.807) is 0 Å². The van der Waals surface area contributed by atoms with Crippen LogP contribution in [0.25, 0.3) is 0 Å². The maximum absolute atomic E-state index is 13.7. The molecule has 148 valence electrons. The molecule has 0 fully saturated rings. The summed E-state index contributed by atoms with van der Waals surface area (Å²) in [4.78, 5) is 25.0. The third-order valence-electron chi connectivity index (χ3n) is 4.02. The summed E-state index contributed by atoms with van der Waals surface area (Å²) < 4.78 is 67.5. The van der Waals surface area contributed by atoms with Crippen LogP contribution in [-0.2, 0) is 9.59 Å². The molecule has 1 atom stereocenters. The van der Waals surface area contributed by atoms with E-state index in [4.69, 9.17) is 0 Å². The zero-order chi connectivity index (χ0) is 20.5. The maximum Gasteiger partial charge on any atom is 0.409 e. The molecule has 28 heavy (non-hydrogen) atoms. The number of fused-ring (bicyclic) bond motifs is 1. The van der Waals surface area contributed by atoms with Gasteiger partial charge in [-0.2, -0.15) is 13.2 Å². The van der Waals surface area contributed by atoms with Crippen molar-refractivity contribution < 1.29 is 31.5 Å². The van der Waals surface area contributed by atoms with Gasteiger partial charge in [0.15, 0.2) is 0 Å². The van der Waals surface area contributed by atoms with Crippen LogP contribution in [0.1, 0.15) is 6.42 Å². The topological polar surface area (TPSA) is 49.4 Å². The highest BCUT2D eigenvalue weighted by Crippen LogP contribution is 2.38. The first-order valence-electron chi connectivity index (χ1n) is 8.02. The number of amides is 2. The molecule has 0 radical (unpaired) electrons. The van der Waals surface area contributed by atoms with Crippen molar-refractivity contribution in [3.63, 3.8) is 0 Å². The van der Waals surface area contributed by atoms with Crippen LogP contribution in [0.5, 0.6) is 0 Å². The molecule has 0 saturated heterocycles. The normalized spacial score (nSPS) is 17.0. The Kier molecular flexibility index (Phi) is 5.59. The van der Waals surface area contributed by atoms with Crippen molar-refractivity contribution in [1.29, 1.82) is 0 Å². The van der Waals surface area contributed by atoms with Crippen molar-refractivity contribution in [3.8, 4) is 0 Å². The highest BCUT2D eigenvalue weighted by atomic mass is 32.2. The summed E-state index contributed by atoms with van der Waals surface area (Å²) in [5.74, 6) is -4.09. The zero-order valence-electron chi connectivity index (χ0n) is 14.1. The smallest absolute Gasteiger partial charge is 0.324 e. The van der Waals surface area contributed by atoms with Gasteiger partial charge in [0.1, 0.15) is 17.7 Å². The van der Waals surface area contributed by atoms with E-state index < -0.39 is 47.8 Å². The molecular weight excluding hydrogens is 403 g/mol. The summed E-state index contributed by atoms with van der Waals surface area (Å²) in [6.45, 7) is 0. The zero-order valence-corrected chi connectivity index (χ0v) is 14.9. The molecule has 2 aromatic rings. The van der Waals surface area contributed by atoms with Crippen LogP contribution in [0.2, 0.25) is 0 Å². The second kappa shape index (κ2) is 7.78. The fraction of sp³-hybridized carbons (Fsp3) is 0.222. The standard InChI is InChI=1S/C18H13F5N2O2S/c19-10-5-6-14(11(20)7-10)28-9-17(27)25-13-4-2-1-3-12(13)24-16(26)8-15(25)18(21,22)23/h1-7,15H,8-9H2,(H,24,26). The van der Waals surface area contributed by atoms with Gasteiger partial charge in [-0.05, 0) is 24.3 Å². The van der Waals surface area contributed by atoms with E-state index in [0.29, 0.717) is 22.7 Å². The van der Waals surface area contributed by atoms with Gasteiger partial charge in [-0.3, -0.25) is 14.5 Å². The summed E-state index contributed by atoms with van der Waals surface area (Å²) in [5, 5.41) is 2.36. The predicted molar refractivity (Wildman–Crippen MR) is 94.1 cm³/mol. The van der Waals surface area contributed by atoms with Crippen LogP contribution in [-0.4, -0.2) is 29.8 Å². The molecule has 3 rings (SSSR count). The van der Waals surface area contributed by atoms with Gasteiger partial charge in [0.2, 0.25) is 11.8 Å². The first kappa shape index (κ1) is 20.1. The van der Waals surface area contributed by atoms with E-state index in [0.717, 1.165) is 12.1 Å². The van der Waals surface area contributed by atoms with Gasteiger partial charge in [-0.15, -0.1) is 11.8 Å². The number of anilines is 2. The molecule has 10 heteroatoms. The maximum atomic E-state index is 13.7. The first-order chi connectivity index (χ1) is 13.2.